The lowest BCUT2D eigenvalue weighted by molar-refractivity contribution is 0.0735. The van der Waals surface area contributed by atoms with Crippen LogP contribution < -0.4 is 5.32 Å². The van der Waals surface area contributed by atoms with E-state index in [0.29, 0.717) is 35.5 Å². The van der Waals surface area contributed by atoms with Crippen LogP contribution >= 0.6 is 11.3 Å². The first kappa shape index (κ1) is 24.9. The third-order valence-corrected chi connectivity index (χ3v) is 7.50. The average Bonchev–Trinajstić information content (AvgIpc) is 3.70. The van der Waals surface area contributed by atoms with Gasteiger partial charge >= 0.3 is 0 Å². The van der Waals surface area contributed by atoms with E-state index in [1.165, 1.54) is 12.5 Å². The molecule has 0 aliphatic carbocycles. The molecule has 0 radical (unpaired) electrons. The molecular weight excluding hydrogens is 488 g/mol. The third kappa shape index (κ3) is 5.63. The van der Waals surface area contributed by atoms with Crippen molar-refractivity contribution in [3.63, 3.8) is 0 Å². The number of aromatic nitrogens is 2. The maximum Gasteiger partial charge on any atom is 0.254 e. The highest BCUT2D eigenvalue weighted by molar-refractivity contribution is 7.09. The maximum atomic E-state index is 13.7. The molecule has 8 nitrogen and oxygen atoms in total. The maximum absolute atomic E-state index is 13.7. The fraction of sp³-hybridized carbons (Fsp3) is 0.286. The summed E-state index contributed by atoms with van der Waals surface area (Å²) in [4.78, 5) is 37.7. The summed E-state index contributed by atoms with van der Waals surface area (Å²) < 4.78 is 5.47. The number of amides is 2. The topological polar surface area (TPSA) is 109 Å². The normalized spacial score (nSPS) is 16.1. The molecule has 2 aromatic carbocycles. The molecule has 2 atom stereocenters. The molecule has 3 heterocycles. The molecule has 2 N–H and O–H groups in total. The van der Waals surface area contributed by atoms with Gasteiger partial charge in [0, 0.05) is 34.3 Å². The van der Waals surface area contributed by atoms with Crippen molar-refractivity contribution in [2.45, 2.75) is 38.3 Å². The van der Waals surface area contributed by atoms with Gasteiger partial charge in [-0.05, 0) is 49.9 Å². The number of carbonyl (C=O) groups is 2. The van der Waals surface area contributed by atoms with E-state index in [2.05, 4.69) is 15.3 Å². The molecule has 190 valence electrons. The van der Waals surface area contributed by atoms with E-state index in [-0.39, 0.29) is 24.5 Å². The summed E-state index contributed by atoms with van der Waals surface area (Å²) in [7, 11) is 0. The second-order valence-corrected chi connectivity index (χ2v) is 10.1. The first-order valence-corrected chi connectivity index (χ1v) is 13.1. The van der Waals surface area contributed by atoms with Gasteiger partial charge in [0.2, 0.25) is 5.89 Å². The summed E-state index contributed by atoms with van der Waals surface area (Å²) in [6.45, 7) is 2.36. The van der Waals surface area contributed by atoms with E-state index >= 15 is 0 Å². The molecule has 1 aliphatic heterocycles. The quantitative estimate of drug-likeness (QED) is 0.359. The summed E-state index contributed by atoms with van der Waals surface area (Å²) in [6, 6.07) is 14.1. The first-order valence-electron chi connectivity index (χ1n) is 12.3. The highest BCUT2D eigenvalue weighted by atomic mass is 32.1. The van der Waals surface area contributed by atoms with Gasteiger partial charge in [-0.1, -0.05) is 30.3 Å². The molecule has 2 unspecified atom stereocenters. The van der Waals surface area contributed by atoms with Crippen LogP contribution in [0.3, 0.4) is 0 Å². The van der Waals surface area contributed by atoms with Crippen LogP contribution in [0, 0.1) is 6.92 Å². The van der Waals surface area contributed by atoms with Crippen LogP contribution in [0.4, 0.5) is 0 Å². The van der Waals surface area contributed by atoms with Gasteiger partial charge in [-0.15, -0.1) is 11.3 Å². The van der Waals surface area contributed by atoms with E-state index in [9.17, 15) is 14.7 Å². The molecule has 0 saturated carbocycles. The standard InChI is InChI=1S/C28H28N4O4S/c1-18-17-37-27(30-18)24-8-5-10-32(24)28(35)22-14-20(13-21(15-22)26-29-9-11-36-26)25(34)31-23(16-33)12-19-6-3-2-4-7-19/h2-4,6-7,9,11,13-15,17,23-24,33H,5,8,10,12,16H2,1H3,(H,31,34). The Morgan fingerprint density at radius 2 is 2.03 bits per heavy atom. The summed E-state index contributed by atoms with van der Waals surface area (Å²) in [6.07, 6.45) is 5.19. The van der Waals surface area contributed by atoms with Gasteiger partial charge in [-0.3, -0.25) is 9.59 Å². The van der Waals surface area contributed by atoms with Gasteiger partial charge in [0.1, 0.15) is 11.3 Å². The molecule has 0 spiro atoms. The predicted molar refractivity (Wildman–Crippen MR) is 140 cm³/mol. The fourth-order valence-electron chi connectivity index (χ4n) is 4.66. The summed E-state index contributed by atoms with van der Waals surface area (Å²) >= 11 is 1.56. The molecule has 37 heavy (non-hydrogen) atoms. The van der Waals surface area contributed by atoms with Crippen LogP contribution in [-0.2, 0) is 6.42 Å². The van der Waals surface area contributed by atoms with Gasteiger partial charge in [-0.25, -0.2) is 9.97 Å². The highest BCUT2D eigenvalue weighted by Gasteiger charge is 2.33. The largest absolute Gasteiger partial charge is 0.445 e. The molecule has 5 rings (SSSR count). The van der Waals surface area contributed by atoms with Crippen molar-refractivity contribution in [3.8, 4) is 11.5 Å². The smallest absolute Gasteiger partial charge is 0.254 e. The number of nitrogens with zero attached hydrogens (tertiary/aromatic N) is 3. The Balaban J connectivity index is 1.43. The fourth-order valence-corrected chi connectivity index (χ4v) is 5.60. The van der Waals surface area contributed by atoms with Crippen LogP contribution in [-0.4, -0.2) is 51.0 Å². The second kappa shape index (κ2) is 11.1. The zero-order valence-corrected chi connectivity index (χ0v) is 21.3. The van der Waals surface area contributed by atoms with Crippen LogP contribution in [0.2, 0.25) is 0 Å². The Labute approximate surface area is 219 Å². The Morgan fingerprint density at radius 1 is 1.22 bits per heavy atom. The van der Waals surface area contributed by atoms with Crippen LogP contribution in [0.15, 0.2) is 70.8 Å². The van der Waals surface area contributed by atoms with E-state index < -0.39 is 6.04 Å². The van der Waals surface area contributed by atoms with Crippen molar-refractivity contribution in [1.82, 2.24) is 20.2 Å². The number of carbonyl (C=O) groups excluding carboxylic acids is 2. The third-order valence-electron chi connectivity index (χ3n) is 6.44. The number of aliphatic hydroxyl groups is 1. The minimum Gasteiger partial charge on any atom is -0.445 e. The van der Waals surface area contributed by atoms with Crippen LogP contribution in [0.25, 0.3) is 11.5 Å². The number of likely N-dealkylation sites (tertiary alicyclic amines) is 1. The molecule has 2 aromatic heterocycles. The molecule has 1 fully saturated rings. The second-order valence-electron chi connectivity index (χ2n) is 9.16. The molecule has 1 aliphatic rings. The Bertz CT molecular complexity index is 1370. The van der Waals surface area contributed by atoms with Gasteiger partial charge in [0.15, 0.2) is 0 Å². The van der Waals surface area contributed by atoms with Crippen LogP contribution in [0.5, 0.6) is 0 Å². The summed E-state index contributed by atoms with van der Waals surface area (Å²) in [5.74, 6) is -0.230. The number of thiazole rings is 1. The minimum atomic E-state index is -0.476. The lowest BCUT2D eigenvalue weighted by Crippen LogP contribution is -2.39. The monoisotopic (exact) mass is 516 g/mol. The van der Waals surface area contributed by atoms with Gasteiger partial charge in [0.25, 0.3) is 11.8 Å². The predicted octanol–water partition coefficient (Wildman–Crippen LogP) is 4.42. The Kier molecular flexibility index (Phi) is 7.43. The number of oxazole rings is 1. The zero-order chi connectivity index (χ0) is 25.8. The lowest BCUT2D eigenvalue weighted by Gasteiger charge is -2.24. The summed E-state index contributed by atoms with van der Waals surface area (Å²) in [5, 5.41) is 15.7. The van der Waals surface area contributed by atoms with Gasteiger partial charge in [-0.2, -0.15) is 0 Å². The van der Waals surface area contributed by atoms with Crippen molar-refractivity contribution >= 4 is 23.2 Å². The number of aliphatic hydroxyl groups excluding tert-OH is 1. The van der Waals surface area contributed by atoms with Crippen molar-refractivity contribution in [1.29, 1.82) is 0 Å². The minimum absolute atomic E-state index is 0.0847. The van der Waals surface area contributed by atoms with E-state index in [1.807, 2.05) is 47.5 Å². The molecule has 4 aromatic rings. The molecular formula is C28H28N4O4S. The van der Waals surface area contributed by atoms with Crippen molar-refractivity contribution in [2.75, 3.05) is 13.2 Å². The SMILES string of the molecule is Cc1csc(C2CCCN2C(=O)c2cc(C(=O)NC(CO)Cc3ccccc3)cc(-c3ncco3)c2)n1. The van der Waals surface area contributed by atoms with Crippen molar-refractivity contribution < 1.29 is 19.1 Å². The molecule has 9 heteroatoms. The molecule has 0 bridgehead atoms. The van der Waals surface area contributed by atoms with Gasteiger partial charge < -0.3 is 19.7 Å². The number of aryl methyl sites for hydroxylation is 1. The molecule has 2 amide bonds. The number of benzene rings is 2. The van der Waals surface area contributed by atoms with Crippen molar-refractivity contribution in [3.05, 3.63) is 93.8 Å². The number of rotatable bonds is 8. The number of nitrogens with one attached hydrogen (secondary N) is 1. The van der Waals surface area contributed by atoms with E-state index in [1.54, 1.807) is 29.5 Å². The summed E-state index contributed by atoms with van der Waals surface area (Å²) in [5.41, 5.74) is 3.16. The first-order chi connectivity index (χ1) is 18.0. The highest BCUT2D eigenvalue weighted by Crippen LogP contribution is 2.35. The van der Waals surface area contributed by atoms with E-state index in [0.717, 1.165) is 29.1 Å². The average molecular weight is 517 g/mol. The van der Waals surface area contributed by atoms with E-state index in [4.69, 9.17) is 4.42 Å². The lowest BCUT2D eigenvalue weighted by atomic mass is 10.0. The Morgan fingerprint density at radius 3 is 2.73 bits per heavy atom. The van der Waals surface area contributed by atoms with Crippen molar-refractivity contribution in [2.24, 2.45) is 0 Å². The van der Waals surface area contributed by atoms with Crippen LogP contribution in [0.1, 0.15) is 55.9 Å². The number of hydrogen-bond donors (Lipinski definition) is 2. The zero-order valence-electron chi connectivity index (χ0n) is 20.5. The Hall–Kier alpha value is -3.82. The molecule has 1 saturated heterocycles. The van der Waals surface area contributed by atoms with Gasteiger partial charge in [0.05, 0.1) is 24.9 Å². The number of hydrogen-bond acceptors (Lipinski definition) is 7.